The molecule has 0 N–H and O–H groups in total. The van der Waals surface area contributed by atoms with E-state index in [9.17, 15) is 0 Å². The van der Waals surface area contributed by atoms with E-state index in [0.717, 1.165) is 12.0 Å². The van der Waals surface area contributed by atoms with Crippen LogP contribution in [0.5, 0.6) is 0 Å². The van der Waals surface area contributed by atoms with Gasteiger partial charge in [-0.25, -0.2) is 0 Å². The van der Waals surface area contributed by atoms with Gasteiger partial charge in [0.2, 0.25) is 0 Å². The zero-order chi connectivity index (χ0) is 16.3. The molecular weight excluding hydrogens is 292 g/mol. The predicted octanol–water partition coefficient (Wildman–Crippen LogP) is 4.85. The Morgan fingerprint density at radius 2 is 1.67 bits per heavy atom. The Labute approximate surface area is 145 Å². The molecule has 2 aromatic carbocycles. The maximum atomic E-state index is 2.74. The molecule has 3 atom stereocenters. The molecule has 2 heteroatoms. The van der Waals surface area contributed by atoms with Crippen molar-refractivity contribution in [3.63, 3.8) is 0 Å². The Morgan fingerprint density at radius 3 is 2.54 bits per heavy atom. The van der Waals surface area contributed by atoms with Crippen LogP contribution in [0.1, 0.15) is 42.0 Å². The maximum Gasteiger partial charge on any atom is 0.0611 e. The van der Waals surface area contributed by atoms with Crippen LogP contribution in [0.25, 0.3) is 0 Å². The monoisotopic (exact) mass is 318 g/mol. The van der Waals surface area contributed by atoms with Crippen LogP contribution in [-0.2, 0) is 0 Å². The highest BCUT2D eigenvalue weighted by Gasteiger charge is 2.48. The lowest BCUT2D eigenvalue weighted by Gasteiger charge is -2.45. The Balaban J connectivity index is 1.67. The molecule has 0 saturated carbocycles. The highest BCUT2D eigenvalue weighted by atomic mass is 15.3. The van der Waals surface area contributed by atoms with Crippen LogP contribution in [0.4, 0.5) is 11.4 Å². The van der Waals surface area contributed by atoms with Gasteiger partial charge < -0.3 is 9.80 Å². The molecule has 0 spiro atoms. The van der Waals surface area contributed by atoms with Gasteiger partial charge in [-0.05, 0) is 55.9 Å². The lowest BCUT2D eigenvalue weighted by Crippen LogP contribution is -2.44. The average Bonchev–Trinajstić information content (AvgIpc) is 3.22. The van der Waals surface area contributed by atoms with Crippen molar-refractivity contribution in [2.24, 2.45) is 5.92 Å². The number of hydrogen-bond donors (Lipinski definition) is 0. The van der Waals surface area contributed by atoms with Gasteiger partial charge in [-0.15, -0.1) is 0 Å². The maximum absolute atomic E-state index is 2.74. The third-order valence-corrected chi connectivity index (χ3v) is 6.54. The van der Waals surface area contributed by atoms with Gasteiger partial charge in [0.25, 0.3) is 0 Å². The van der Waals surface area contributed by atoms with Crippen LogP contribution in [-0.4, -0.2) is 19.1 Å². The zero-order valence-electron chi connectivity index (χ0n) is 14.7. The summed E-state index contributed by atoms with van der Waals surface area (Å²) in [5, 5.41) is 0. The minimum Gasteiger partial charge on any atom is -0.368 e. The Bertz CT molecular complexity index is 781. The van der Waals surface area contributed by atoms with Crippen molar-refractivity contribution in [2.45, 2.75) is 45.2 Å². The van der Waals surface area contributed by atoms with E-state index in [-0.39, 0.29) is 0 Å². The lowest BCUT2D eigenvalue weighted by molar-refractivity contribution is 0.373. The van der Waals surface area contributed by atoms with Crippen LogP contribution in [0.3, 0.4) is 0 Å². The van der Waals surface area contributed by atoms with E-state index in [1.165, 1.54) is 49.2 Å². The van der Waals surface area contributed by atoms with Crippen molar-refractivity contribution in [3.05, 3.63) is 59.2 Å². The number of benzene rings is 2. The largest absolute Gasteiger partial charge is 0.368 e. The van der Waals surface area contributed by atoms with Gasteiger partial charge >= 0.3 is 0 Å². The first-order valence-corrected chi connectivity index (χ1v) is 9.44. The lowest BCUT2D eigenvalue weighted by atomic mass is 9.80. The summed E-state index contributed by atoms with van der Waals surface area (Å²) in [6.45, 7) is 6.99. The summed E-state index contributed by atoms with van der Waals surface area (Å²) in [4.78, 5) is 5.45. The molecule has 3 heterocycles. The van der Waals surface area contributed by atoms with Gasteiger partial charge in [0.1, 0.15) is 0 Å². The second-order valence-corrected chi connectivity index (χ2v) is 7.79. The molecule has 0 bridgehead atoms. The summed E-state index contributed by atoms with van der Waals surface area (Å²) >= 11 is 0. The summed E-state index contributed by atoms with van der Waals surface area (Å²) in [7, 11) is 0. The standard InChI is InChI=1S/C22H26N2/c1-15-7-3-4-10-19(15)24-14-12-17-20-11-6-13-23(20)21-16(2)8-5-9-18(21)22(17)24/h3-5,7-10,17,20,22H,6,11-14H2,1-2H3. The third kappa shape index (κ3) is 1.89. The highest BCUT2D eigenvalue weighted by Crippen LogP contribution is 2.53. The van der Waals surface area contributed by atoms with Gasteiger partial charge in [-0.1, -0.05) is 36.4 Å². The molecule has 3 unspecified atom stereocenters. The molecular formula is C22H26N2. The van der Waals surface area contributed by atoms with Crippen molar-refractivity contribution in [3.8, 4) is 0 Å². The Morgan fingerprint density at radius 1 is 0.833 bits per heavy atom. The summed E-state index contributed by atoms with van der Waals surface area (Å²) in [6, 6.07) is 17.2. The highest BCUT2D eigenvalue weighted by molar-refractivity contribution is 5.68. The van der Waals surface area contributed by atoms with Crippen LogP contribution < -0.4 is 9.80 Å². The van der Waals surface area contributed by atoms with Gasteiger partial charge in [0.15, 0.2) is 0 Å². The van der Waals surface area contributed by atoms with Gasteiger partial charge in [-0.3, -0.25) is 0 Å². The summed E-state index contributed by atoms with van der Waals surface area (Å²) in [6.07, 6.45) is 4.05. The second kappa shape index (κ2) is 5.27. The molecule has 2 nitrogen and oxygen atoms in total. The number of fused-ring (bicyclic) bond motifs is 6. The topological polar surface area (TPSA) is 6.48 Å². The molecule has 2 saturated heterocycles. The molecule has 2 fully saturated rings. The van der Waals surface area contributed by atoms with E-state index in [1.54, 1.807) is 11.3 Å². The van der Waals surface area contributed by atoms with Crippen molar-refractivity contribution < 1.29 is 0 Å². The van der Waals surface area contributed by atoms with E-state index >= 15 is 0 Å². The molecule has 0 aliphatic carbocycles. The molecule has 0 aromatic heterocycles. The first-order chi connectivity index (χ1) is 11.8. The number of rotatable bonds is 1. The van der Waals surface area contributed by atoms with Crippen LogP contribution in [0.15, 0.2) is 42.5 Å². The van der Waals surface area contributed by atoms with Crippen LogP contribution in [0, 0.1) is 19.8 Å². The molecule has 0 amide bonds. The molecule has 3 aliphatic rings. The van der Waals surface area contributed by atoms with Crippen molar-refractivity contribution in [1.29, 1.82) is 0 Å². The molecule has 0 radical (unpaired) electrons. The fourth-order valence-corrected chi connectivity index (χ4v) is 5.60. The number of aryl methyl sites for hydroxylation is 2. The van der Waals surface area contributed by atoms with Gasteiger partial charge in [-0.2, -0.15) is 0 Å². The fraction of sp³-hybridized carbons (Fsp3) is 0.455. The SMILES string of the molecule is Cc1ccccc1N1CCC2C3CCCN3c3c(C)cccc3C21. The zero-order valence-corrected chi connectivity index (χ0v) is 14.7. The van der Waals surface area contributed by atoms with Crippen LogP contribution in [0.2, 0.25) is 0 Å². The van der Waals surface area contributed by atoms with E-state index in [2.05, 4.69) is 66.1 Å². The molecule has 5 rings (SSSR count). The number of anilines is 2. The molecule has 24 heavy (non-hydrogen) atoms. The summed E-state index contributed by atoms with van der Waals surface area (Å²) in [5.74, 6) is 0.779. The third-order valence-electron chi connectivity index (χ3n) is 6.54. The number of para-hydroxylation sites is 2. The van der Waals surface area contributed by atoms with Crippen molar-refractivity contribution in [1.82, 2.24) is 0 Å². The number of nitrogens with zero attached hydrogens (tertiary/aromatic N) is 2. The first-order valence-electron chi connectivity index (χ1n) is 9.44. The molecule has 3 aliphatic heterocycles. The number of hydrogen-bond acceptors (Lipinski definition) is 2. The van der Waals surface area contributed by atoms with E-state index < -0.39 is 0 Å². The Hall–Kier alpha value is -1.96. The van der Waals surface area contributed by atoms with Gasteiger partial charge in [0.05, 0.1) is 6.04 Å². The summed E-state index contributed by atoms with van der Waals surface area (Å²) in [5.41, 5.74) is 7.40. The summed E-state index contributed by atoms with van der Waals surface area (Å²) < 4.78 is 0. The van der Waals surface area contributed by atoms with Gasteiger partial charge in [0, 0.05) is 36.4 Å². The smallest absolute Gasteiger partial charge is 0.0611 e. The fourth-order valence-electron chi connectivity index (χ4n) is 5.60. The minimum absolute atomic E-state index is 0.556. The first kappa shape index (κ1) is 14.4. The predicted molar refractivity (Wildman–Crippen MR) is 101 cm³/mol. The Kier molecular flexibility index (Phi) is 3.16. The van der Waals surface area contributed by atoms with Crippen molar-refractivity contribution >= 4 is 11.4 Å². The molecule has 2 aromatic rings. The second-order valence-electron chi connectivity index (χ2n) is 7.79. The quantitative estimate of drug-likeness (QED) is 0.741. The van der Waals surface area contributed by atoms with E-state index in [1.807, 2.05) is 0 Å². The minimum atomic E-state index is 0.556. The van der Waals surface area contributed by atoms with E-state index in [4.69, 9.17) is 0 Å². The molecule has 124 valence electrons. The van der Waals surface area contributed by atoms with Crippen molar-refractivity contribution in [2.75, 3.05) is 22.9 Å². The normalized spacial score (nSPS) is 27.8. The average molecular weight is 318 g/mol. The van der Waals surface area contributed by atoms with E-state index in [0.29, 0.717) is 6.04 Å². The van der Waals surface area contributed by atoms with Crippen LogP contribution >= 0.6 is 0 Å².